The van der Waals surface area contributed by atoms with E-state index >= 15 is 0 Å². The second-order valence-electron chi connectivity index (χ2n) is 13.3. The van der Waals surface area contributed by atoms with Crippen LogP contribution in [0.1, 0.15) is 60.1 Å². The molecule has 0 bridgehead atoms. The Balaban J connectivity index is 0.000000210. The highest BCUT2D eigenvalue weighted by atomic mass is 19.4. The van der Waals surface area contributed by atoms with Gasteiger partial charge >= 0.3 is 6.36 Å². The summed E-state index contributed by atoms with van der Waals surface area (Å²) in [4.78, 5) is 0. The van der Waals surface area contributed by atoms with Gasteiger partial charge in [-0.15, -0.1) is 13.2 Å². The van der Waals surface area contributed by atoms with Crippen LogP contribution in [0.15, 0.2) is 133 Å². The van der Waals surface area contributed by atoms with Crippen LogP contribution in [0.5, 0.6) is 5.75 Å². The maximum Gasteiger partial charge on any atom is 0.573 e. The van der Waals surface area contributed by atoms with E-state index in [0.717, 1.165) is 74.3 Å². The molecule has 6 aromatic carbocycles. The molecule has 0 N–H and O–H groups in total. The molecule has 0 fully saturated rings. The average molecular weight is 739 g/mol. The van der Waals surface area contributed by atoms with E-state index in [1.54, 1.807) is 12.1 Å². The van der Waals surface area contributed by atoms with Crippen LogP contribution in [0, 0.1) is 17.5 Å². The van der Waals surface area contributed by atoms with Crippen molar-refractivity contribution < 1.29 is 31.1 Å². The summed E-state index contributed by atoms with van der Waals surface area (Å²) in [7, 11) is 0. The summed E-state index contributed by atoms with van der Waals surface area (Å²) in [5, 5.41) is 0. The van der Waals surface area contributed by atoms with Gasteiger partial charge in [-0.05, 0) is 107 Å². The molecule has 0 saturated heterocycles. The van der Waals surface area contributed by atoms with Crippen molar-refractivity contribution in [2.45, 2.75) is 71.6 Å². The van der Waals surface area contributed by atoms with Gasteiger partial charge in [-0.3, -0.25) is 0 Å². The van der Waals surface area contributed by atoms with Crippen molar-refractivity contribution in [2.75, 3.05) is 0 Å². The Bertz CT molecular complexity index is 2050. The number of rotatable bonds is 13. The number of alkyl halides is 3. The summed E-state index contributed by atoms with van der Waals surface area (Å²) in [5.41, 5.74) is 9.68. The van der Waals surface area contributed by atoms with Gasteiger partial charge in [-0.1, -0.05) is 124 Å². The molecule has 0 aromatic heterocycles. The molecule has 1 nitrogen and oxygen atoms in total. The lowest BCUT2D eigenvalue weighted by Crippen LogP contribution is -2.17. The predicted molar refractivity (Wildman–Crippen MR) is 206 cm³/mol. The Morgan fingerprint density at radius 2 is 0.741 bits per heavy atom. The third kappa shape index (κ3) is 12.1. The van der Waals surface area contributed by atoms with Crippen molar-refractivity contribution in [3.63, 3.8) is 0 Å². The lowest BCUT2D eigenvalue weighted by molar-refractivity contribution is -0.274. The maximum absolute atomic E-state index is 14.2. The third-order valence-electron chi connectivity index (χ3n) is 9.16. The van der Waals surface area contributed by atoms with Gasteiger partial charge in [-0.25, -0.2) is 13.2 Å². The normalized spacial score (nSPS) is 11.2. The highest BCUT2D eigenvalue weighted by Gasteiger charge is 2.31. The molecule has 280 valence electrons. The van der Waals surface area contributed by atoms with E-state index in [0.29, 0.717) is 11.1 Å². The topological polar surface area (TPSA) is 9.23 Å². The first-order valence-corrected chi connectivity index (χ1v) is 18.3. The van der Waals surface area contributed by atoms with Crippen molar-refractivity contribution in [2.24, 2.45) is 0 Å². The largest absolute Gasteiger partial charge is 0.573 e. The number of ether oxygens (including phenoxy) is 1. The highest BCUT2D eigenvalue weighted by Crippen LogP contribution is 2.30. The van der Waals surface area contributed by atoms with Crippen molar-refractivity contribution in [1.82, 2.24) is 0 Å². The lowest BCUT2D eigenvalue weighted by atomic mass is 9.99. The minimum absolute atomic E-state index is 0.234. The van der Waals surface area contributed by atoms with E-state index in [1.165, 1.54) is 52.4 Å². The smallest absolute Gasteiger partial charge is 0.406 e. The quantitative estimate of drug-likeness (QED) is 0.107. The van der Waals surface area contributed by atoms with Gasteiger partial charge in [0.05, 0.1) is 0 Å². The zero-order chi connectivity index (χ0) is 38.5. The van der Waals surface area contributed by atoms with E-state index in [4.69, 9.17) is 0 Å². The van der Waals surface area contributed by atoms with Crippen LogP contribution in [0.3, 0.4) is 0 Å². The molecule has 0 aliphatic heterocycles. The summed E-state index contributed by atoms with van der Waals surface area (Å²) < 4.78 is 81.6. The molecule has 0 amide bonds. The molecule has 7 heteroatoms. The summed E-state index contributed by atoms with van der Waals surface area (Å²) in [6.45, 7) is 4.35. The van der Waals surface area contributed by atoms with Crippen LogP contribution in [-0.4, -0.2) is 6.36 Å². The van der Waals surface area contributed by atoms with E-state index in [1.807, 2.05) is 36.4 Å². The van der Waals surface area contributed by atoms with Gasteiger partial charge in [0, 0.05) is 23.3 Å². The van der Waals surface area contributed by atoms with Crippen LogP contribution in [0.2, 0.25) is 0 Å². The summed E-state index contributed by atoms with van der Waals surface area (Å²) in [6.07, 6.45) is 3.35. The average Bonchev–Trinajstić information content (AvgIpc) is 3.15. The lowest BCUT2D eigenvalue weighted by Gasteiger charge is -2.11. The molecule has 0 aliphatic rings. The fraction of sp³-hybridized carbons (Fsp3) is 0.234. The zero-order valence-corrected chi connectivity index (χ0v) is 30.5. The summed E-state index contributed by atoms with van der Waals surface area (Å²) in [5.74, 6) is -2.41. The van der Waals surface area contributed by atoms with Gasteiger partial charge < -0.3 is 4.74 Å². The Labute approximate surface area is 314 Å². The number of hydrogen-bond donors (Lipinski definition) is 0. The Morgan fingerprint density at radius 1 is 0.407 bits per heavy atom. The molecule has 0 saturated carbocycles. The van der Waals surface area contributed by atoms with Crippen LogP contribution in [-0.2, 0) is 38.5 Å². The summed E-state index contributed by atoms with van der Waals surface area (Å²) in [6, 6.07) is 39.5. The third-order valence-corrected chi connectivity index (χ3v) is 9.16. The van der Waals surface area contributed by atoms with Gasteiger partial charge in [0.2, 0.25) is 0 Å². The van der Waals surface area contributed by atoms with Crippen molar-refractivity contribution >= 4 is 0 Å². The Hall–Kier alpha value is -5.30. The molecule has 0 atom stereocenters. The minimum Gasteiger partial charge on any atom is -0.406 e. The Morgan fingerprint density at radius 3 is 1.07 bits per heavy atom. The van der Waals surface area contributed by atoms with Gasteiger partial charge in [0.15, 0.2) is 0 Å². The van der Waals surface area contributed by atoms with Crippen molar-refractivity contribution in [3.8, 4) is 28.0 Å². The van der Waals surface area contributed by atoms with E-state index < -0.39 is 29.6 Å². The second-order valence-corrected chi connectivity index (χ2v) is 13.3. The number of hydrogen-bond acceptors (Lipinski definition) is 1. The van der Waals surface area contributed by atoms with Crippen LogP contribution < -0.4 is 4.74 Å². The maximum atomic E-state index is 14.2. The standard InChI is InChI=1S/C24H22F4O.C23H22F2/c1-2-3-17-4-6-18(7-5-17)8-9-19-10-12-20(13-11-19)22-15-14-21(16-23(22)25)29-24(26,27)28;1-2-3-17-4-6-18(7-5-17)8-9-19-10-12-20(13-11-19)22-15-14-21(24)16-23(22)25/h4-7,10-16H,2-3,8-9H2,1H3;4-7,10-16H,2-3,8-9H2,1H3. The first-order valence-electron chi connectivity index (χ1n) is 18.3. The molecular formula is C47H44F6O. The van der Waals surface area contributed by atoms with Gasteiger partial charge in [-0.2, -0.15) is 0 Å². The van der Waals surface area contributed by atoms with Gasteiger partial charge in [0.1, 0.15) is 23.2 Å². The second kappa shape index (κ2) is 19.2. The van der Waals surface area contributed by atoms with Crippen LogP contribution in [0.25, 0.3) is 22.3 Å². The van der Waals surface area contributed by atoms with Crippen molar-refractivity contribution in [1.29, 1.82) is 0 Å². The SMILES string of the molecule is CCCc1ccc(CCc2ccc(-c3ccc(F)cc3F)cc2)cc1.CCCc1ccc(CCc2ccc(-c3ccc(OC(F)(F)F)cc3F)cc2)cc1. The monoisotopic (exact) mass is 738 g/mol. The molecule has 0 aliphatic carbocycles. The van der Waals surface area contributed by atoms with Crippen LogP contribution in [0.4, 0.5) is 26.3 Å². The van der Waals surface area contributed by atoms with Crippen LogP contribution >= 0.6 is 0 Å². The van der Waals surface area contributed by atoms with E-state index in [-0.39, 0.29) is 5.56 Å². The fourth-order valence-corrected chi connectivity index (χ4v) is 6.25. The zero-order valence-electron chi connectivity index (χ0n) is 30.5. The first-order chi connectivity index (χ1) is 26.0. The number of aryl methyl sites for hydroxylation is 6. The molecule has 6 rings (SSSR count). The van der Waals surface area contributed by atoms with Gasteiger partial charge in [0.25, 0.3) is 0 Å². The van der Waals surface area contributed by atoms with E-state index in [9.17, 15) is 26.3 Å². The molecule has 0 heterocycles. The minimum atomic E-state index is -4.84. The molecule has 0 unspecified atom stereocenters. The van der Waals surface area contributed by atoms with Crippen molar-refractivity contribution in [3.05, 3.63) is 184 Å². The molecular weight excluding hydrogens is 695 g/mol. The highest BCUT2D eigenvalue weighted by molar-refractivity contribution is 5.66. The molecule has 0 spiro atoms. The first kappa shape index (κ1) is 39.9. The summed E-state index contributed by atoms with van der Waals surface area (Å²) >= 11 is 0. The molecule has 54 heavy (non-hydrogen) atoms. The van der Waals surface area contributed by atoms with E-state index in [2.05, 4.69) is 67.1 Å². The fourth-order valence-electron chi connectivity index (χ4n) is 6.25. The Kier molecular flexibility index (Phi) is 14.2. The number of benzene rings is 6. The molecule has 6 aromatic rings. The number of halogens is 6. The molecule has 0 radical (unpaired) electrons. The predicted octanol–water partition coefficient (Wildman–Crippen LogP) is 13.5.